The molecule has 31 heavy (non-hydrogen) atoms. The second kappa shape index (κ2) is 9.12. The molecule has 5 nitrogen and oxygen atoms in total. The monoisotopic (exact) mass is 418 g/mol. The van der Waals surface area contributed by atoms with E-state index in [9.17, 15) is 14.6 Å². The lowest BCUT2D eigenvalue weighted by atomic mass is 10.1. The fourth-order valence-corrected chi connectivity index (χ4v) is 3.58. The highest BCUT2D eigenvalue weighted by Gasteiger charge is 2.14. The molecule has 0 saturated heterocycles. The Bertz CT molecular complexity index is 1180. The lowest BCUT2D eigenvalue weighted by molar-refractivity contribution is 0.0957. The summed E-state index contributed by atoms with van der Waals surface area (Å²) in [4.78, 5) is 3.97. The molecule has 0 aliphatic rings. The van der Waals surface area contributed by atoms with Crippen LogP contribution in [0, 0.1) is 5.82 Å². The molecule has 0 aliphatic heterocycles. The minimum atomic E-state index is -0.819. The first-order valence-corrected chi connectivity index (χ1v) is 9.95. The minimum absolute atomic E-state index is 0.291. The highest BCUT2D eigenvalue weighted by atomic mass is 19.1. The summed E-state index contributed by atoms with van der Waals surface area (Å²) < 4.78 is 20.9. The van der Waals surface area contributed by atoms with E-state index in [-0.39, 0.29) is 12.4 Å². The van der Waals surface area contributed by atoms with Gasteiger partial charge in [0.05, 0.1) is 24.8 Å². The molecule has 1 aromatic heterocycles. The van der Waals surface area contributed by atoms with Gasteiger partial charge < -0.3 is 19.5 Å². The molecule has 0 unspecified atom stereocenters. The van der Waals surface area contributed by atoms with Crippen LogP contribution in [0.2, 0.25) is 0 Å². The molecule has 0 radical (unpaired) electrons. The van der Waals surface area contributed by atoms with Gasteiger partial charge in [0.2, 0.25) is 0 Å². The molecule has 158 valence electrons. The lowest BCUT2D eigenvalue weighted by Gasteiger charge is -2.09. The van der Waals surface area contributed by atoms with E-state index in [4.69, 9.17) is 4.74 Å². The van der Waals surface area contributed by atoms with Crippen molar-refractivity contribution in [1.29, 1.82) is 0 Å². The molecule has 0 amide bonds. The molecule has 0 spiro atoms. The number of fused-ring (bicyclic) bond motifs is 1. The largest absolute Gasteiger partial charge is 0.457 e. The summed E-state index contributed by atoms with van der Waals surface area (Å²) in [5, 5.41) is 20.2. The zero-order chi connectivity index (χ0) is 21.8. The molecule has 2 N–H and O–H groups in total. The predicted molar refractivity (Wildman–Crippen MR) is 120 cm³/mol. The second-order valence-electron chi connectivity index (χ2n) is 7.35. The van der Waals surface area contributed by atoms with E-state index in [1.54, 1.807) is 12.1 Å². The van der Waals surface area contributed by atoms with Gasteiger partial charge in [-0.1, -0.05) is 12.1 Å². The fraction of sp³-hybridized carbons (Fsp3) is 0.160. The van der Waals surface area contributed by atoms with Crippen LogP contribution in [0.1, 0.15) is 11.1 Å². The van der Waals surface area contributed by atoms with Gasteiger partial charge in [-0.15, -0.1) is 0 Å². The maximum absolute atomic E-state index is 13.1. The number of aliphatic hydroxyl groups excluding tert-OH is 2. The Hall–Kier alpha value is -3.48. The third-order valence-electron chi connectivity index (χ3n) is 5.08. The van der Waals surface area contributed by atoms with Crippen LogP contribution in [0.25, 0.3) is 16.6 Å². The molecule has 0 bridgehead atoms. The SMILES string of the molecule is C=NCc1ccc2c(C[C@H](O)CO)cn(-c3ccc(Oc4ccc(F)cc4)cc3)c2c1. The number of benzene rings is 3. The first-order chi connectivity index (χ1) is 15.1. The van der Waals surface area contributed by atoms with Crippen LogP contribution in [0.15, 0.2) is 77.9 Å². The Labute approximate surface area is 179 Å². The van der Waals surface area contributed by atoms with Gasteiger partial charge in [0.1, 0.15) is 17.3 Å². The van der Waals surface area contributed by atoms with Gasteiger partial charge in [-0.3, -0.25) is 4.99 Å². The Morgan fingerprint density at radius 3 is 2.32 bits per heavy atom. The third kappa shape index (κ3) is 4.66. The van der Waals surface area contributed by atoms with Gasteiger partial charge in [-0.2, -0.15) is 0 Å². The number of nitrogens with zero attached hydrogens (tertiary/aromatic N) is 2. The maximum Gasteiger partial charge on any atom is 0.127 e. The zero-order valence-electron chi connectivity index (χ0n) is 16.9. The molecule has 1 heterocycles. The van der Waals surface area contributed by atoms with E-state index in [0.29, 0.717) is 24.5 Å². The molecule has 6 heteroatoms. The van der Waals surface area contributed by atoms with Crippen LogP contribution in [-0.2, 0) is 13.0 Å². The molecule has 3 aromatic carbocycles. The number of ether oxygens (including phenoxy) is 1. The molecule has 4 aromatic rings. The maximum atomic E-state index is 13.1. The molecular weight excluding hydrogens is 395 g/mol. The van der Waals surface area contributed by atoms with Crippen molar-refractivity contribution < 1.29 is 19.3 Å². The van der Waals surface area contributed by atoms with Crippen LogP contribution in [-0.4, -0.2) is 34.2 Å². The number of aromatic nitrogens is 1. The molecule has 1 atom stereocenters. The Morgan fingerprint density at radius 1 is 1.00 bits per heavy atom. The van der Waals surface area contributed by atoms with E-state index in [1.165, 1.54) is 12.1 Å². The number of halogens is 1. The van der Waals surface area contributed by atoms with Gasteiger partial charge in [-0.05, 0) is 72.4 Å². The van der Waals surface area contributed by atoms with Crippen LogP contribution >= 0.6 is 0 Å². The van der Waals surface area contributed by atoms with Gasteiger partial charge in [0.15, 0.2) is 0 Å². The quantitative estimate of drug-likeness (QED) is 0.409. The fourth-order valence-electron chi connectivity index (χ4n) is 3.58. The zero-order valence-corrected chi connectivity index (χ0v) is 16.9. The van der Waals surface area contributed by atoms with E-state index in [1.807, 2.05) is 47.2 Å². The first kappa shape index (κ1) is 20.8. The Kier molecular flexibility index (Phi) is 6.11. The standard InChI is InChI=1S/C25H23FN2O3/c1-27-14-17-2-11-24-18(13-21(30)16-29)15-28(25(24)12-17)20-5-9-23(10-6-20)31-22-7-3-19(26)4-8-22/h2-12,15,21,29-30H,1,13-14,16H2/t21-/m0/s1. The number of hydrogen-bond donors (Lipinski definition) is 2. The molecule has 0 saturated carbocycles. The van der Waals surface area contributed by atoms with Crippen molar-refractivity contribution in [2.24, 2.45) is 4.99 Å². The Balaban J connectivity index is 1.69. The summed E-state index contributed by atoms with van der Waals surface area (Å²) in [5.41, 5.74) is 3.88. The van der Waals surface area contributed by atoms with Crippen molar-refractivity contribution in [1.82, 2.24) is 4.57 Å². The van der Waals surface area contributed by atoms with Crippen molar-refractivity contribution in [2.45, 2.75) is 19.1 Å². The van der Waals surface area contributed by atoms with Crippen molar-refractivity contribution in [3.05, 3.63) is 89.9 Å². The predicted octanol–water partition coefficient (Wildman–Crippen LogP) is 4.66. The summed E-state index contributed by atoms with van der Waals surface area (Å²) >= 11 is 0. The highest BCUT2D eigenvalue weighted by Crippen LogP contribution is 2.29. The van der Waals surface area contributed by atoms with E-state index in [2.05, 4.69) is 17.8 Å². The normalized spacial score (nSPS) is 12.1. The van der Waals surface area contributed by atoms with Gasteiger partial charge in [0.25, 0.3) is 0 Å². The van der Waals surface area contributed by atoms with Crippen LogP contribution < -0.4 is 4.74 Å². The molecule has 4 rings (SSSR count). The van der Waals surface area contributed by atoms with Gasteiger partial charge in [-0.25, -0.2) is 4.39 Å². The van der Waals surface area contributed by atoms with Gasteiger partial charge in [0, 0.05) is 23.7 Å². The average molecular weight is 418 g/mol. The molecule has 0 fully saturated rings. The number of hydrogen-bond acceptors (Lipinski definition) is 4. The summed E-state index contributed by atoms with van der Waals surface area (Å²) in [7, 11) is 0. The first-order valence-electron chi connectivity index (χ1n) is 9.95. The van der Waals surface area contributed by atoms with Crippen molar-refractivity contribution in [3.63, 3.8) is 0 Å². The van der Waals surface area contributed by atoms with Crippen molar-refractivity contribution in [3.8, 4) is 17.2 Å². The van der Waals surface area contributed by atoms with Crippen molar-refractivity contribution in [2.75, 3.05) is 6.61 Å². The second-order valence-corrected chi connectivity index (χ2v) is 7.35. The van der Waals surface area contributed by atoms with Crippen molar-refractivity contribution >= 4 is 17.6 Å². The van der Waals surface area contributed by atoms with E-state index < -0.39 is 6.10 Å². The summed E-state index contributed by atoms with van der Waals surface area (Å²) in [6.45, 7) is 3.79. The van der Waals surface area contributed by atoms with E-state index in [0.717, 1.165) is 27.7 Å². The topological polar surface area (TPSA) is 67.0 Å². The Morgan fingerprint density at radius 2 is 1.68 bits per heavy atom. The summed E-state index contributed by atoms with van der Waals surface area (Å²) in [6.07, 6.45) is 1.51. The average Bonchev–Trinajstić information content (AvgIpc) is 3.13. The molecule has 0 aliphatic carbocycles. The van der Waals surface area contributed by atoms with Crippen LogP contribution in [0.5, 0.6) is 11.5 Å². The van der Waals surface area contributed by atoms with Gasteiger partial charge >= 0.3 is 0 Å². The minimum Gasteiger partial charge on any atom is -0.457 e. The number of aliphatic hydroxyl groups is 2. The summed E-state index contributed by atoms with van der Waals surface area (Å²) in [5.74, 6) is 0.886. The highest BCUT2D eigenvalue weighted by molar-refractivity contribution is 5.86. The number of aliphatic imine (C=N–C) groups is 1. The van der Waals surface area contributed by atoms with Crippen LogP contribution in [0.4, 0.5) is 4.39 Å². The summed E-state index contributed by atoms with van der Waals surface area (Å²) in [6, 6.07) is 19.5. The number of rotatable bonds is 8. The smallest absolute Gasteiger partial charge is 0.127 e. The van der Waals surface area contributed by atoms with Crippen LogP contribution in [0.3, 0.4) is 0 Å². The molecular formula is C25H23FN2O3. The van der Waals surface area contributed by atoms with E-state index >= 15 is 0 Å². The lowest BCUT2D eigenvalue weighted by Crippen LogP contribution is -2.14. The third-order valence-corrected chi connectivity index (χ3v) is 5.08.